The van der Waals surface area contributed by atoms with Crippen molar-refractivity contribution in [3.05, 3.63) is 57.6 Å². The van der Waals surface area contributed by atoms with Gasteiger partial charge in [-0.2, -0.15) is 8.42 Å². The number of aryl methyl sites for hydroxylation is 1. The average Bonchev–Trinajstić information content (AvgIpc) is 2.48. The van der Waals surface area contributed by atoms with Crippen LogP contribution in [0.1, 0.15) is 37.5 Å². The SMILES string of the molecule is Cc1ccc(S(=O)(=O)Oc2cc(CBr)c(Br)c(C(C)(C)C)c2)cc1. The van der Waals surface area contributed by atoms with E-state index in [1.807, 2.05) is 6.92 Å². The molecule has 0 saturated carbocycles. The first-order valence-corrected chi connectivity index (χ1v) is 10.8. The molecule has 0 aromatic heterocycles. The molecule has 0 heterocycles. The summed E-state index contributed by atoms with van der Waals surface area (Å²) in [5.74, 6) is 0.318. The summed E-state index contributed by atoms with van der Waals surface area (Å²) >= 11 is 7.05. The van der Waals surface area contributed by atoms with E-state index in [-0.39, 0.29) is 10.3 Å². The molecule has 0 bridgehead atoms. The van der Waals surface area contributed by atoms with Crippen LogP contribution in [0, 0.1) is 6.92 Å². The lowest BCUT2D eigenvalue weighted by molar-refractivity contribution is 0.483. The molecule has 0 spiro atoms. The van der Waals surface area contributed by atoms with Crippen LogP contribution in [0.15, 0.2) is 45.8 Å². The molecule has 2 aromatic rings. The van der Waals surface area contributed by atoms with Gasteiger partial charge in [0.25, 0.3) is 0 Å². The molecule has 2 aromatic carbocycles. The minimum absolute atomic E-state index is 0.147. The molecular formula is C18H20Br2O3S. The van der Waals surface area contributed by atoms with Gasteiger partial charge >= 0.3 is 10.1 Å². The fraction of sp³-hybridized carbons (Fsp3) is 0.333. The fourth-order valence-corrected chi connectivity index (χ4v) is 4.92. The van der Waals surface area contributed by atoms with Crippen LogP contribution < -0.4 is 4.18 Å². The average molecular weight is 476 g/mol. The van der Waals surface area contributed by atoms with Crippen LogP contribution >= 0.6 is 31.9 Å². The summed E-state index contributed by atoms with van der Waals surface area (Å²) in [6.45, 7) is 8.12. The first-order valence-electron chi connectivity index (χ1n) is 7.44. The van der Waals surface area contributed by atoms with E-state index in [0.29, 0.717) is 11.1 Å². The van der Waals surface area contributed by atoms with E-state index in [9.17, 15) is 8.42 Å². The zero-order valence-electron chi connectivity index (χ0n) is 14.1. The van der Waals surface area contributed by atoms with Gasteiger partial charge in [-0.15, -0.1) is 0 Å². The number of hydrogen-bond acceptors (Lipinski definition) is 3. The first-order chi connectivity index (χ1) is 11.0. The quantitative estimate of drug-likeness (QED) is 0.419. The van der Waals surface area contributed by atoms with Gasteiger partial charge in [0.2, 0.25) is 0 Å². The van der Waals surface area contributed by atoms with Gasteiger partial charge < -0.3 is 4.18 Å². The van der Waals surface area contributed by atoms with Crippen LogP contribution in [0.3, 0.4) is 0 Å². The Hall–Kier alpha value is -0.850. The van der Waals surface area contributed by atoms with E-state index in [2.05, 4.69) is 52.6 Å². The Morgan fingerprint density at radius 2 is 1.67 bits per heavy atom. The van der Waals surface area contributed by atoms with E-state index < -0.39 is 10.1 Å². The van der Waals surface area contributed by atoms with Gasteiger partial charge in [0, 0.05) is 9.80 Å². The Bertz CT molecular complexity index is 836. The summed E-state index contributed by atoms with van der Waals surface area (Å²) in [5, 5.41) is 0.596. The van der Waals surface area contributed by atoms with Crippen molar-refractivity contribution < 1.29 is 12.6 Å². The van der Waals surface area contributed by atoms with Crippen LogP contribution in [0.2, 0.25) is 0 Å². The van der Waals surface area contributed by atoms with Crippen molar-refractivity contribution in [3.63, 3.8) is 0 Å². The molecular weight excluding hydrogens is 456 g/mol. The van der Waals surface area contributed by atoms with Crippen molar-refractivity contribution in [2.75, 3.05) is 0 Å². The van der Waals surface area contributed by atoms with Crippen LogP contribution in [0.5, 0.6) is 5.75 Å². The molecule has 130 valence electrons. The summed E-state index contributed by atoms with van der Waals surface area (Å²) in [5.41, 5.74) is 2.78. The Kier molecular flexibility index (Phi) is 5.83. The first kappa shape index (κ1) is 19.5. The Morgan fingerprint density at radius 3 is 2.17 bits per heavy atom. The molecule has 0 aliphatic heterocycles. The fourth-order valence-electron chi connectivity index (χ4n) is 2.23. The van der Waals surface area contributed by atoms with Crippen LogP contribution in [-0.2, 0) is 20.9 Å². The zero-order chi connectivity index (χ0) is 18.1. The highest BCUT2D eigenvalue weighted by Gasteiger charge is 2.23. The molecule has 24 heavy (non-hydrogen) atoms. The van der Waals surface area contributed by atoms with Crippen molar-refractivity contribution in [2.45, 2.75) is 43.3 Å². The van der Waals surface area contributed by atoms with Gasteiger partial charge in [-0.3, -0.25) is 0 Å². The molecule has 0 aliphatic rings. The summed E-state index contributed by atoms with van der Waals surface area (Å²) in [7, 11) is -3.86. The van der Waals surface area contributed by atoms with Crippen molar-refractivity contribution in [2.24, 2.45) is 0 Å². The number of halogens is 2. The maximum Gasteiger partial charge on any atom is 0.339 e. The lowest BCUT2D eigenvalue weighted by Gasteiger charge is -2.23. The molecule has 0 radical (unpaired) electrons. The highest BCUT2D eigenvalue weighted by Crippen LogP contribution is 2.37. The van der Waals surface area contributed by atoms with Gasteiger partial charge in [0.1, 0.15) is 10.6 Å². The Morgan fingerprint density at radius 1 is 1.08 bits per heavy atom. The Labute approximate surface area is 160 Å². The second-order valence-electron chi connectivity index (χ2n) is 6.68. The van der Waals surface area contributed by atoms with E-state index >= 15 is 0 Å². The van der Waals surface area contributed by atoms with Crippen LogP contribution in [-0.4, -0.2) is 8.42 Å². The van der Waals surface area contributed by atoms with Crippen molar-refractivity contribution in [1.82, 2.24) is 0 Å². The van der Waals surface area contributed by atoms with Crippen molar-refractivity contribution in [3.8, 4) is 5.75 Å². The normalized spacial score (nSPS) is 12.2. The molecule has 0 amide bonds. The number of rotatable bonds is 4. The van der Waals surface area contributed by atoms with E-state index in [1.165, 1.54) is 0 Å². The molecule has 0 N–H and O–H groups in total. The molecule has 2 rings (SSSR count). The second-order valence-corrected chi connectivity index (χ2v) is 9.58. The molecule has 3 nitrogen and oxygen atoms in total. The summed E-state index contributed by atoms with van der Waals surface area (Å²) < 4.78 is 31.4. The smallest absolute Gasteiger partial charge is 0.339 e. The molecule has 0 fully saturated rings. The molecule has 6 heteroatoms. The van der Waals surface area contributed by atoms with Crippen molar-refractivity contribution in [1.29, 1.82) is 0 Å². The third-order valence-electron chi connectivity index (χ3n) is 3.59. The third kappa shape index (κ3) is 4.41. The largest absolute Gasteiger partial charge is 0.379 e. The van der Waals surface area contributed by atoms with Gasteiger partial charge in [-0.25, -0.2) is 0 Å². The molecule has 0 unspecified atom stereocenters. The van der Waals surface area contributed by atoms with Crippen LogP contribution in [0.25, 0.3) is 0 Å². The highest BCUT2D eigenvalue weighted by atomic mass is 79.9. The maximum absolute atomic E-state index is 12.5. The number of alkyl halides is 1. The maximum atomic E-state index is 12.5. The van der Waals surface area contributed by atoms with Crippen LogP contribution in [0.4, 0.5) is 0 Å². The summed E-state index contributed by atoms with van der Waals surface area (Å²) in [4.78, 5) is 0.147. The number of hydrogen-bond donors (Lipinski definition) is 0. The van der Waals surface area contributed by atoms with Gasteiger partial charge in [-0.1, -0.05) is 70.3 Å². The van der Waals surface area contributed by atoms with Gasteiger partial charge in [0.05, 0.1) is 0 Å². The predicted octanol–water partition coefficient (Wildman–Crippen LogP) is 5.72. The van der Waals surface area contributed by atoms with Crippen molar-refractivity contribution >= 4 is 42.0 Å². The van der Waals surface area contributed by atoms with E-state index in [4.69, 9.17) is 4.18 Å². The molecule has 0 aliphatic carbocycles. The minimum atomic E-state index is -3.86. The highest BCUT2D eigenvalue weighted by molar-refractivity contribution is 9.10. The number of benzene rings is 2. The third-order valence-corrected chi connectivity index (χ3v) is 6.39. The molecule has 0 saturated heterocycles. The standard InChI is InChI=1S/C18H20Br2O3S/c1-12-5-7-15(8-6-12)24(21,22)23-14-9-13(11-19)17(20)16(10-14)18(2,3)4/h5-10H,11H2,1-4H3. The monoisotopic (exact) mass is 474 g/mol. The zero-order valence-corrected chi connectivity index (χ0v) is 18.0. The second kappa shape index (κ2) is 7.18. The van der Waals surface area contributed by atoms with E-state index in [0.717, 1.165) is 21.2 Å². The minimum Gasteiger partial charge on any atom is -0.379 e. The predicted molar refractivity (Wildman–Crippen MR) is 104 cm³/mol. The topological polar surface area (TPSA) is 43.4 Å². The van der Waals surface area contributed by atoms with Gasteiger partial charge in [-0.05, 0) is 47.7 Å². The summed E-state index contributed by atoms with van der Waals surface area (Å²) in [6.07, 6.45) is 0. The lowest BCUT2D eigenvalue weighted by Crippen LogP contribution is -2.15. The lowest BCUT2D eigenvalue weighted by atomic mass is 9.86. The molecule has 0 atom stereocenters. The van der Waals surface area contributed by atoms with E-state index in [1.54, 1.807) is 36.4 Å². The Balaban J connectivity index is 2.47. The summed E-state index contributed by atoms with van der Waals surface area (Å²) in [6, 6.07) is 10.1. The van der Waals surface area contributed by atoms with Gasteiger partial charge in [0.15, 0.2) is 0 Å².